The molecular formula is C15H22O3. The molecule has 0 spiro atoms. The Kier molecular flexibility index (Phi) is 5.86. The van der Waals surface area contributed by atoms with Crippen LogP contribution in [0.3, 0.4) is 0 Å². The lowest BCUT2D eigenvalue weighted by Gasteiger charge is -2.06. The van der Waals surface area contributed by atoms with Gasteiger partial charge in [0.1, 0.15) is 0 Å². The summed E-state index contributed by atoms with van der Waals surface area (Å²) in [5, 5.41) is 9.39. The molecule has 1 rings (SSSR count). The SMILES string of the molecule is CC(C)=CCC/C(C)=C/CCC1=CC(=O)OC1O. The van der Waals surface area contributed by atoms with Gasteiger partial charge in [-0.1, -0.05) is 23.3 Å². The van der Waals surface area contributed by atoms with Crippen molar-refractivity contribution in [3.05, 3.63) is 34.9 Å². The third-order valence-corrected chi connectivity index (χ3v) is 2.87. The minimum Gasteiger partial charge on any atom is -0.429 e. The van der Waals surface area contributed by atoms with Crippen LogP contribution in [0.5, 0.6) is 0 Å². The smallest absolute Gasteiger partial charge is 0.333 e. The van der Waals surface area contributed by atoms with E-state index in [9.17, 15) is 9.90 Å². The first kappa shape index (κ1) is 14.7. The number of rotatable bonds is 6. The molecule has 1 aliphatic rings. The molecule has 1 aliphatic heterocycles. The first-order valence-electron chi connectivity index (χ1n) is 6.37. The molecule has 0 bridgehead atoms. The topological polar surface area (TPSA) is 46.5 Å². The van der Waals surface area contributed by atoms with Gasteiger partial charge in [0, 0.05) is 11.6 Å². The van der Waals surface area contributed by atoms with Crippen LogP contribution in [0.1, 0.15) is 46.5 Å². The van der Waals surface area contributed by atoms with Crippen molar-refractivity contribution in [1.82, 2.24) is 0 Å². The molecule has 0 aliphatic carbocycles. The van der Waals surface area contributed by atoms with E-state index in [0.29, 0.717) is 12.0 Å². The zero-order valence-corrected chi connectivity index (χ0v) is 11.4. The zero-order chi connectivity index (χ0) is 13.5. The Morgan fingerprint density at radius 2 is 2.06 bits per heavy atom. The Morgan fingerprint density at radius 1 is 1.33 bits per heavy atom. The van der Waals surface area contributed by atoms with Crippen molar-refractivity contribution in [2.24, 2.45) is 0 Å². The normalized spacial score (nSPS) is 19.6. The van der Waals surface area contributed by atoms with Crippen LogP contribution < -0.4 is 0 Å². The van der Waals surface area contributed by atoms with Crippen molar-refractivity contribution in [1.29, 1.82) is 0 Å². The number of allylic oxidation sites excluding steroid dienone is 4. The molecule has 3 nitrogen and oxygen atoms in total. The van der Waals surface area contributed by atoms with Crippen molar-refractivity contribution >= 4 is 5.97 Å². The molecule has 0 aromatic rings. The summed E-state index contributed by atoms with van der Waals surface area (Å²) in [6.45, 7) is 6.31. The van der Waals surface area contributed by atoms with E-state index in [4.69, 9.17) is 0 Å². The van der Waals surface area contributed by atoms with E-state index >= 15 is 0 Å². The summed E-state index contributed by atoms with van der Waals surface area (Å²) in [5.74, 6) is -0.443. The van der Waals surface area contributed by atoms with Gasteiger partial charge in [-0.25, -0.2) is 4.79 Å². The van der Waals surface area contributed by atoms with Gasteiger partial charge in [-0.15, -0.1) is 0 Å². The van der Waals surface area contributed by atoms with Crippen LogP contribution in [-0.4, -0.2) is 17.4 Å². The van der Waals surface area contributed by atoms with Gasteiger partial charge < -0.3 is 9.84 Å². The summed E-state index contributed by atoms with van der Waals surface area (Å²) >= 11 is 0. The van der Waals surface area contributed by atoms with E-state index in [1.165, 1.54) is 17.2 Å². The minimum absolute atomic E-state index is 0.443. The fraction of sp³-hybridized carbons (Fsp3) is 0.533. The number of cyclic esters (lactones) is 1. The van der Waals surface area contributed by atoms with Crippen LogP contribution >= 0.6 is 0 Å². The summed E-state index contributed by atoms with van der Waals surface area (Å²) < 4.78 is 4.62. The van der Waals surface area contributed by atoms with Gasteiger partial charge in [0.15, 0.2) is 0 Å². The van der Waals surface area contributed by atoms with Crippen LogP contribution in [0.2, 0.25) is 0 Å². The van der Waals surface area contributed by atoms with Gasteiger partial charge in [-0.05, 0) is 46.5 Å². The average Bonchev–Trinajstić information content (AvgIpc) is 2.57. The van der Waals surface area contributed by atoms with E-state index < -0.39 is 12.3 Å². The highest BCUT2D eigenvalue weighted by atomic mass is 16.6. The lowest BCUT2D eigenvalue weighted by atomic mass is 10.1. The Balaban J connectivity index is 2.29. The second-order valence-electron chi connectivity index (χ2n) is 4.92. The van der Waals surface area contributed by atoms with Gasteiger partial charge >= 0.3 is 5.97 Å². The lowest BCUT2D eigenvalue weighted by Crippen LogP contribution is -2.09. The molecule has 1 heterocycles. The fourth-order valence-electron chi connectivity index (χ4n) is 1.81. The Morgan fingerprint density at radius 3 is 2.61 bits per heavy atom. The van der Waals surface area contributed by atoms with Crippen molar-refractivity contribution in [2.75, 3.05) is 0 Å². The molecule has 3 heteroatoms. The molecule has 1 atom stereocenters. The standard InChI is InChI=1S/C15H22O3/c1-11(2)6-4-7-12(3)8-5-9-13-10-14(16)18-15(13)17/h6,8,10,15,17H,4-5,7,9H2,1-3H3/b12-8+. The van der Waals surface area contributed by atoms with E-state index in [-0.39, 0.29) is 0 Å². The van der Waals surface area contributed by atoms with Gasteiger partial charge in [-0.2, -0.15) is 0 Å². The van der Waals surface area contributed by atoms with E-state index in [0.717, 1.165) is 19.3 Å². The number of aliphatic hydroxyl groups is 1. The highest BCUT2D eigenvalue weighted by Gasteiger charge is 2.22. The Bertz CT molecular complexity index is 385. The highest BCUT2D eigenvalue weighted by Crippen LogP contribution is 2.19. The Hall–Kier alpha value is -1.35. The molecule has 18 heavy (non-hydrogen) atoms. The second kappa shape index (κ2) is 7.17. The van der Waals surface area contributed by atoms with Gasteiger partial charge in [0.05, 0.1) is 0 Å². The number of hydrogen-bond donors (Lipinski definition) is 1. The number of ether oxygens (including phenoxy) is 1. The molecule has 1 unspecified atom stereocenters. The quantitative estimate of drug-likeness (QED) is 0.581. The third kappa shape index (κ3) is 5.32. The molecule has 0 fully saturated rings. The molecule has 0 amide bonds. The second-order valence-corrected chi connectivity index (χ2v) is 4.92. The van der Waals surface area contributed by atoms with E-state index in [1.807, 2.05) is 0 Å². The third-order valence-electron chi connectivity index (χ3n) is 2.87. The number of carbonyl (C=O) groups excluding carboxylic acids is 1. The summed E-state index contributed by atoms with van der Waals surface area (Å²) in [6, 6.07) is 0. The molecule has 100 valence electrons. The van der Waals surface area contributed by atoms with Crippen molar-refractivity contribution in [3.8, 4) is 0 Å². The average molecular weight is 250 g/mol. The van der Waals surface area contributed by atoms with Gasteiger partial charge in [-0.3, -0.25) is 0 Å². The minimum atomic E-state index is -1.03. The van der Waals surface area contributed by atoms with Crippen LogP contribution in [0.15, 0.2) is 34.9 Å². The summed E-state index contributed by atoms with van der Waals surface area (Å²) in [7, 11) is 0. The number of aliphatic hydroxyl groups excluding tert-OH is 1. The number of esters is 1. The highest BCUT2D eigenvalue weighted by molar-refractivity contribution is 5.85. The largest absolute Gasteiger partial charge is 0.429 e. The van der Waals surface area contributed by atoms with E-state index in [2.05, 4.69) is 37.7 Å². The first-order valence-corrected chi connectivity index (χ1v) is 6.37. The first-order chi connectivity index (χ1) is 8.49. The Labute approximate surface area is 109 Å². The van der Waals surface area contributed by atoms with Crippen LogP contribution in [0.25, 0.3) is 0 Å². The summed E-state index contributed by atoms with van der Waals surface area (Å²) in [6.07, 6.45) is 8.38. The van der Waals surface area contributed by atoms with Gasteiger partial charge in [0.25, 0.3) is 0 Å². The molecule has 0 saturated carbocycles. The maximum absolute atomic E-state index is 10.9. The molecule has 0 aromatic heterocycles. The molecule has 0 saturated heterocycles. The lowest BCUT2D eigenvalue weighted by molar-refractivity contribution is -0.151. The predicted octanol–water partition coefficient (Wildman–Crippen LogP) is 3.26. The van der Waals surface area contributed by atoms with Crippen molar-refractivity contribution in [3.63, 3.8) is 0 Å². The van der Waals surface area contributed by atoms with Crippen molar-refractivity contribution < 1.29 is 14.6 Å². The summed E-state index contributed by atoms with van der Waals surface area (Å²) in [5.41, 5.74) is 3.36. The molecular weight excluding hydrogens is 228 g/mol. The van der Waals surface area contributed by atoms with Crippen molar-refractivity contribution in [2.45, 2.75) is 52.7 Å². The maximum Gasteiger partial charge on any atom is 0.333 e. The van der Waals surface area contributed by atoms with Crippen LogP contribution in [-0.2, 0) is 9.53 Å². The monoisotopic (exact) mass is 250 g/mol. The number of carbonyl (C=O) groups is 1. The van der Waals surface area contributed by atoms with Crippen LogP contribution in [0, 0.1) is 0 Å². The molecule has 1 N–H and O–H groups in total. The molecule has 0 aromatic carbocycles. The summed E-state index contributed by atoms with van der Waals surface area (Å²) in [4.78, 5) is 10.9. The van der Waals surface area contributed by atoms with E-state index in [1.54, 1.807) is 0 Å². The molecule has 0 radical (unpaired) electrons. The predicted molar refractivity (Wildman–Crippen MR) is 71.8 cm³/mol. The number of hydrogen-bond acceptors (Lipinski definition) is 3. The zero-order valence-electron chi connectivity index (χ0n) is 11.4. The maximum atomic E-state index is 10.9. The van der Waals surface area contributed by atoms with Crippen LogP contribution in [0.4, 0.5) is 0 Å². The van der Waals surface area contributed by atoms with Gasteiger partial charge in [0.2, 0.25) is 6.29 Å². The fourth-order valence-corrected chi connectivity index (χ4v) is 1.81.